The Hall–Kier alpha value is -3.51. The van der Waals surface area contributed by atoms with Crippen molar-refractivity contribution in [2.24, 2.45) is 0 Å². The van der Waals surface area contributed by atoms with Crippen molar-refractivity contribution in [3.05, 3.63) is 70.1 Å². The summed E-state index contributed by atoms with van der Waals surface area (Å²) in [7, 11) is 0. The fourth-order valence-corrected chi connectivity index (χ4v) is 4.00. The van der Waals surface area contributed by atoms with E-state index in [1.54, 1.807) is 17.4 Å². The smallest absolute Gasteiger partial charge is 0.235 e. The maximum atomic E-state index is 12.7. The van der Waals surface area contributed by atoms with Crippen LogP contribution in [-0.4, -0.2) is 21.0 Å². The number of rotatable bonds is 2. The monoisotopic (exact) mass is 375 g/mol. The lowest BCUT2D eigenvalue weighted by Gasteiger charge is -2.01. The molecule has 0 unspecified atom stereocenters. The molecule has 4 aromatic rings. The number of Topliss-reactive ketones (excluding diaryl/α,β-unsaturated/α-hetero) is 1. The van der Waals surface area contributed by atoms with E-state index >= 15 is 0 Å². The number of ketones is 1. The first-order valence-corrected chi connectivity index (χ1v) is 9.19. The molecule has 1 aliphatic heterocycles. The van der Waals surface area contributed by atoms with Crippen molar-refractivity contribution in [2.45, 2.75) is 0 Å². The van der Waals surface area contributed by atoms with Crippen LogP contribution >= 0.6 is 11.3 Å². The van der Waals surface area contributed by atoms with Crippen LogP contribution in [0.15, 0.2) is 59.0 Å². The van der Waals surface area contributed by atoms with Crippen LogP contribution in [0.25, 0.3) is 28.2 Å². The first-order chi connectivity index (χ1) is 13.1. The van der Waals surface area contributed by atoms with Gasteiger partial charge in [0.25, 0.3) is 0 Å². The molecule has 0 atom stereocenters. The molecule has 0 saturated carbocycles. The summed E-state index contributed by atoms with van der Waals surface area (Å²) in [6.07, 6.45) is 1.69. The number of aromatic hydroxyl groups is 2. The number of aromatic nitrogens is 1. The Kier molecular flexibility index (Phi) is 3.35. The number of nitrogens with one attached hydrogen (secondary N) is 1. The molecule has 1 aliphatic rings. The van der Waals surface area contributed by atoms with Gasteiger partial charge in [0.2, 0.25) is 5.78 Å². The Bertz CT molecular complexity index is 1230. The lowest BCUT2D eigenvalue weighted by atomic mass is 10.0. The number of hydrogen-bond donors (Lipinski definition) is 3. The Balaban J connectivity index is 1.70. The lowest BCUT2D eigenvalue weighted by Crippen LogP contribution is -1.98. The minimum absolute atomic E-state index is 0.0657. The Morgan fingerprint density at radius 3 is 2.78 bits per heavy atom. The van der Waals surface area contributed by atoms with Crippen LogP contribution in [-0.2, 0) is 0 Å². The van der Waals surface area contributed by atoms with Gasteiger partial charge in [0.1, 0.15) is 22.8 Å². The van der Waals surface area contributed by atoms with Crippen LogP contribution in [0.5, 0.6) is 17.2 Å². The van der Waals surface area contributed by atoms with E-state index in [1.807, 2.05) is 41.1 Å². The van der Waals surface area contributed by atoms with E-state index < -0.39 is 5.78 Å². The summed E-state index contributed by atoms with van der Waals surface area (Å²) in [6, 6.07) is 12.3. The van der Waals surface area contributed by atoms with Gasteiger partial charge in [-0.1, -0.05) is 18.2 Å². The standard InChI is InChI=1S/C21H13NO4S/c23-12-7-16(24)19-17(8-12)26-18(21(19)25)9-14-13-3-1-2-4-15(13)22-20(14)11-5-6-27-10-11/h1-10,22-24H. The van der Waals surface area contributed by atoms with Gasteiger partial charge in [-0.25, -0.2) is 0 Å². The van der Waals surface area contributed by atoms with Gasteiger partial charge in [0.05, 0.1) is 5.69 Å². The van der Waals surface area contributed by atoms with Crippen LogP contribution < -0.4 is 4.74 Å². The number of allylic oxidation sites excluding steroid dienone is 1. The van der Waals surface area contributed by atoms with E-state index in [4.69, 9.17) is 4.74 Å². The summed E-state index contributed by atoms with van der Waals surface area (Å²) in [6.45, 7) is 0. The predicted octanol–water partition coefficient (Wildman–Crippen LogP) is 4.92. The van der Waals surface area contributed by atoms with Crippen molar-refractivity contribution in [1.82, 2.24) is 4.98 Å². The average molecular weight is 375 g/mol. The number of H-pyrrole nitrogens is 1. The summed E-state index contributed by atoms with van der Waals surface area (Å²) in [4.78, 5) is 16.1. The van der Waals surface area contributed by atoms with Crippen molar-refractivity contribution in [3.8, 4) is 28.5 Å². The Morgan fingerprint density at radius 1 is 1.11 bits per heavy atom. The van der Waals surface area contributed by atoms with E-state index in [0.717, 1.165) is 33.8 Å². The molecule has 0 radical (unpaired) electrons. The third-order valence-corrected chi connectivity index (χ3v) is 5.25. The number of aromatic amines is 1. The van der Waals surface area contributed by atoms with Crippen molar-refractivity contribution in [1.29, 1.82) is 0 Å². The first-order valence-electron chi connectivity index (χ1n) is 8.25. The second kappa shape index (κ2) is 5.75. The molecule has 2 aromatic heterocycles. The van der Waals surface area contributed by atoms with Crippen molar-refractivity contribution >= 4 is 34.1 Å². The molecule has 5 nitrogen and oxygen atoms in total. The third kappa shape index (κ3) is 2.42. The summed E-state index contributed by atoms with van der Waals surface area (Å²) in [5, 5.41) is 24.6. The number of carbonyl (C=O) groups is 1. The van der Waals surface area contributed by atoms with Crippen LogP contribution in [0.1, 0.15) is 15.9 Å². The maximum Gasteiger partial charge on any atom is 0.235 e. The molecule has 5 rings (SSSR count). The topological polar surface area (TPSA) is 82.6 Å². The number of ether oxygens (including phenoxy) is 1. The minimum Gasteiger partial charge on any atom is -0.508 e. The Labute approximate surface area is 157 Å². The van der Waals surface area contributed by atoms with Gasteiger partial charge in [-0.15, -0.1) is 0 Å². The molecule has 2 aromatic carbocycles. The fourth-order valence-electron chi connectivity index (χ4n) is 3.36. The molecular formula is C21H13NO4S. The maximum absolute atomic E-state index is 12.7. The van der Waals surface area contributed by atoms with Gasteiger partial charge in [-0.2, -0.15) is 11.3 Å². The number of thiophene rings is 1. The SMILES string of the molecule is O=C1C(=Cc2c(-c3ccsc3)[nH]c3ccccc23)Oc2cc(O)cc(O)c21. The van der Waals surface area contributed by atoms with Gasteiger partial charge in [-0.05, 0) is 23.6 Å². The summed E-state index contributed by atoms with van der Waals surface area (Å²) >= 11 is 1.59. The van der Waals surface area contributed by atoms with E-state index in [-0.39, 0.29) is 28.6 Å². The van der Waals surface area contributed by atoms with Gasteiger partial charge in [0.15, 0.2) is 5.76 Å². The van der Waals surface area contributed by atoms with Crippen LogP contribution in [0.4, 0.5) is 0 Å². The summed E-state index contributed by atoms with van der Waals surface area (Å²) < 4.78 is 5.66. The zero-order valence-corrected chi connectivity index (χ0v) is 14.7. The van der Waals surface area contributed by atoms with E-state index in [2.05, 4.69) is 4.98 Å². The van der Waals surface area contributed by atoms with E-state index in [1.165, 1.54) is 6.07 Å². The van der Waals surface area contributed by atoms with Crippen LogP contribution in [0.2, 0.25) is 0 Å². The number of benzene rings is 2. The number of phenolic OH excluding ortho intramolecular Hbond substituents is 2. The normalized spacial score (nSPS) is 14.7. The average Bonchev–Trinajstić information content (AvgIpc) is 3.34. The number of carbonyl (C=O) groups excluding carboxylic acids is 1. The zero-order chi connectivity index (χ0) is 18.5. The van der Waals surface area contributed by atoms with Gasteiger partial charge < -0.3 is 19.9 Å². The molecule has 3 N–H and O–H groups in total. The highest BCUT2D eigenvalue weighted by molar-refractivity contribution is 7.08. The fraction of sp³-hybridized carbons (Fsp3) is 0. The van der Waals surface area contributed by atoms with Gasteiger partial charge in [0, 0.05) is 39.5 Å². The molecule has 27 heavy (non-hydrogen) atoms. The van der Waals surface area contributed by atoms with Crippen molar-refractivity contribution in [3.63, 3.8) is 0 Å². The summed E-state index contributed by atoms with van der Waals surface area (Å²) in [5.41, 5.74) is 3.77. The second-order valence-electron chi connectivity index (χ2n) is 6.25. The Morgan fingerprint density at radius 2 is 1.96 bits per heavy atom. The second-order valence-corrected chi connectivity index (χ2v) is 7.03. The largest absolute Gasteiger partial charge is 0.508 e. The van der Waals surface area contributed by atoms with E-state index in [0.29, 0.717) is 0 Å². The highest BCUT2D eigenvalue weighted by atomic mass is 32.1. The van der Waals surface area contributed by atoms with E-state index in [9.17, 15) is 15.0 Å². The quantitative estimate of drug-likeness (QED) is 0.434. The van der Waals surface area contributed by atoms with Gasteiger partial charge >= 0.3 is 0 Å². The van der Waals surface area contributed by atoms with Crippen molar-refractivity contribution in [2.75, 3.05) is 0 Å². The van der Waals surface area contributed by atoms with Crippen LogP contribution in [0.3, 0.4) is 0 Å². The molecule has 0 saturated heterocycles. The number of hydrogen-bond acceptors (Lipinski definition) is 5. The molecule has 0 fully saturated rings. The molecule has 0 amide bonds. The third-order valence-electron chi connectivity index (χ3n) is 4.57. The molecule has 0 aliphatic carbocycles. The lowest BCUT2D eigenvalue weighted by molar-refractivity contribution is 0.101. The molecule has 0 bridgehead atoms. The van der Waals surface area contributed by atoms with Crippen molar-refractivity contribution < 1.29 is 19.7 Å². The summed E-state index contributed by atoms with van der Waals surface area (Å²) in [5.74, 6) is -0.612. The minimum atomic E-state index is -0.413. The van der Waals surface area contributed by atoms with Crippen LogP contribution in [0, 0.1) is 0 Å². The highest BCUT2D eigenvalue weighted by Gasteiger charge is 2.32. The zero-order valence-electron chi connectivity index (χ0n) is 13.9. The molecule has 3 heterocycles. The molecular weight excluding hydrogens is 362 g/mol. The molecule has 132 valence electrons. The predicted molar refractivity (Wildman–Crippen MR) is 104 cm³/mol. The molecule has 0 spiro atoms. The first kappa shape index (κ1) is 15.7. The number of fused-ring (bicyclic) bond motifs is 2. The number of phenols is 2. The number of para-hydroxylation sites is 1. The molecule has 6 heteroatoms. The van der Waals surface area contributed by atoms with Gasteiger partial charge in [-0.3, -0.25) is 4.79 Å². The highest BCUT2D eigenvalue weighted by Crippen LogP contribution is 2.42.